The Morgan fingerprint density at radius 1 is 1.07 bits per heavy atom. The van der Waals surface area contributed by atoms with Crippen LogP contribution in [0.15, 0.2) is 54.6 Å². The number of ether oxygens (including phenoxy) is 1. The summed E-state index contributed by atoms with van der Waals surface area (Å²) in [5, 5.41) is 4.49. The van der Waals surface area contributed by atoms with Gasteiger partial charge in [0.15, 0.2) is 0 Å². The molecule has 1 aliphatic heterocycles. The van der Waals surface area contributed by atoms with E-state index in [0.29, 0.717) is 26.2 Å². The zero-order valence-corrected chi connectivity index (χ0v) is 14.4. The fourth-order valence-corrected chi connectivity index (χ4v) is 3.08. The second-order valence-corrected chi connectivity index (χ2v) is 6.30. The number of carbonyl (C=O) groups is 1. The van der Waals surface area contributed by atoms with Gasteiger partial charge < -0.3 is 9.64 Å². The van der Waals surface area contributed by atoms with E-state index in [1.54, 1.807) is 0 Å². The Balaban J connectivity index is 1.45. The number of hydrogen-bond donors (Lipinski definition) is 0. The number of rotatable bonds is 4. The molecule has 4 rings (SSSR count). The van der Waals surface area contributed by atoms with Crippen LogP contribution in [0.3, 0.4) is 0 Å². The topological polar surface area (TPSA) is 47.4 Å². The van der Waals surface area contributed by atoms with Crippen molar-refractivity contribution >= 4 is 5.91 Å². The van der Waals surface area contributed by atoms with E-state index in [4.69, 9.17) is 4.74 Å². The number of halogens is 2. The van der Waals surface area contributed by atoms with E-state index in [9.17, 15) is 13.6 Å². The SMILES string of the molecule is O=C(c1ccc(F)cc1F)N1CCn2nc(COc3ccccc3)cc2C1. The number of carbonyl (C=O) groups excluding carboxylic acids is 1. The van der Waals surface area contributed by atoms with Gasteiger partial charge in [0.2, 0.25) is 0 Å². The van der Waals surface area contributed by atoms with Crippen molar-refractivity contribution in [3.63, 3.8) is 0 Å². The third kappa shape index (κ3) is 3.67. The van der Waals surface area contributed by atoms with Crippen LogP contribution < -0.4 is 4.74 Å². The molecule has 1 amide bonds. The molecule has 27 heavy (non-hydrogen) atoms. The van der Waals surface area contributed by atoms with Crippen LogP contribution in [-0.4, -0.2) is 27.1 Å². The van der Waals surface area contributed by atoms with Crippen molar-refractivity contribution in [2.75, 3.05) is 6.54 Å². The van der Waals surface area contributed by atoms with E-state index in [1.165, 1.54) is 11.0 Å². The van der Waals surface area contributed by atoms with Gasteiger partial charge in [-0.05, 0) is 30.3 Å². The van der Waals surface area contributed by atoms with Crippen molar-refractivity contribution in [3.05, 3.63) is 83.2 Å². The summed E-state index contributed by atoms with van der Waals surface area (Å²) >= 11 is 0. The molecule has 0 saturated heterocycles. The Kier molecular flexibility index (Phi) is 4.58. The monoisotopic (exact) mass is 369 g/mol. The lowest BCUT2D eigenvalue weighted by Gasteiger charge is -2.27. The summed E-state index contributed by atoms with van der Waals surface area (Å²) in [6, 6.07) is 14.3. The molecule has 0 radical (unpaired) electrons. The quantitative estimate of drug-likeness (QED) is 0.708. The second-order valence-electron chi connectivity index (χ2n) is 6.30. The van der Waals surface area contributed by atoms with E-state index in [2.05, 4.69) is 5.10 Å². The van der Waals surface area contributed by atoms with Gasteiger partial charge in [-0.25, -0.2) is 8.78 Å². The minimum atomic E-state index is -0.851. The number of hydrogen-bond acceptors (Lipinski definition) is 3. The van der Waals surface area contributed by atoms with Crippen LogP contribution in [0, 0.1) is 11.6 Å². The van der Waals surface area contributed by atoms with Gasteiger partial charge in [0.05, 0.1) is 24.3 Å². The lowest BCUT2D eigenvalue weighted by molar-refractivity contribution is 0.0701. The number of fused-ring (bicyclic) bond motifs is 1. The highest BCUT2D eigenvalue weighted by Crippen LogP contribution is 2.19. The number of nitrogens with zero attached hydrogens (tertiary/aromatic N) is 3. The van der Waals surface area contributed by atoms with Gasteiger partial charge in [-0.1, -0.05) is 18.2 Å². The molecule has 0 aliphatic carbocycles. The van der Waals surface area contributed by atoms with Gasteiger partial charge in [-0.3, -0.25) is 9.48 Å². The van der Waals surface area contributed by atoms with Crippen molar-refractivity contribution in [3.8, 4) is 5.75 Å². The molecular weight excluding hydrogens is 352 g/mol. The highest BCUT2D eigenvalue weighted by molar-refractivity contribution is 5.94. The van der Waals surface area contributed by atoms with E-state index < -0.39 is 17.5 Å². The number of para-hydroxylation sites is 1. The first kappa shape index (κ1) is 17.2. The smallest absolute Gasteiger partial charge is 0.257 e. The first-order chi connectivity index (χ1) is 13.1. The summed E-state index contributed by atoms with van der Waals surface area (Å²) < 4.78 is 34.5. The maximum absolute atomic E-state index is 13.9. The molecule has 2 aromatic carbocycles. The Labute approximate surface area is 154 Å². The van der Waals surface area contributed by atoms with Gasteiger partial charge in [0, 0.05) is 12.6 Å². The molecule has 0 N–H and O–H groups in total. The standard InChI is InChI=1S/C20H17F2N3O2/c21-14-6-7-18(19(22)10-14)20(26)24-8-9-25-16(12-24)11-15(23-25)13-27-17-4-2-1-3-5-17/h1-7,10-11H,8-9,12-13H2. The summed E-state index contributed by atoms with van der Waals surface area (Å²) in [5.41, 5.74) is 1.48. The number of aromatic nitrogens is 2. The fraction of sp³-hybridized carbons (Fsp3) is 0.200. The lowest BCUT2D eigenvalue weighted by Crippen LogP contribution is -2.38. The Morgan fingerprint density at radius 3 is 2.67 bits per heavy atom. The maximum atomic E-state index is 13.9. The minimum Gasteiger partial charge on any atom is -0.487 e. The van der Waals surface area contributed by atoms with Crippen LogP contribution in [0.25, 0.3) is 0 Å². The van der Waals surface area contributed by atoms with Crippen molar-refractivity contribution in [1.29, 1.82) is 0 Å². The summed E-state index contributed by atoms with van der Waals surface area (Å²) in [7, 11) is 0. The third-order valence-electron chi connectivity index (χ3n) is 4.43. The predicted octanol–water partition coefficient (Wildman–Crippen LogP) is 3.40. The first-order valence-electron chi connectivity index (χ1n) is 8.58. The summed E-state index contributed by atoms with van der Waals surface area (Å²) in [5.74, 6) is -1.26. The van der Waals surface area contributed by atoms with Gasteiger partial charge in [0.25, 0.3) is 5.91 Å². The molecule has 2 heterocycles. The van der Waals surface area contributed by atoms with Crippen LogP contribution in [0.5, 0.6) is 5.75 Å². The summed E-state index contributed by atoms with van der Waals surface area (Å²) in [6.45, 7) is 1.55. The minimum absolute atomic E-state index is 0.128. The van der Waals surface area contributed by atoms with Crippen LogP contribution in [0.1, 0.15) is 21.7 Å². The highest BCUT2D eigenvalue weighted by Gasteiger charge is 2.25. The molecule has 0 saturated carbocycles. The molecule has 0 fully saturated rings. The Hall–Kier alpha value is -3.22. The molecule has 0 spiro atoms. The maximum Gasteiger partial charge on any atom is 0.257 e. The van der Waals surface area contributed by atoms with E-state index in [0.717, 1.165) is 29.3 Å². The molecule has 0 atom stereocenters. The van der Waals surface area contributed by atoms with Gasteiger partial charge >= 0.3 is 0 Å². The Bertz CT molecular complexity index is 973. The lowest BCUT2D eigenvalue weighted by atomic mass is 10.1. The van der Waals surface area contributed by atoms with E-state index in [-0.39, 0.29) is 5.56 Å². The van der Waals surface area contributed by atoms with Crippen LogP contribution in [-0.2, 0) is 19.7 Å². The predicted molar refractivity (Wildman–Crippen MR) is 94.1 cm³/mol. The molecule has 7 heteroatoms. The van der Waals surface area contributed by atoms with Crippen LogP contribution in [0.2, 0.25) is 0 Å². The van der Waals surface area contributed by atoms with Crippen molar-refractivity contribution in [2.45, 2.75) is 19.7 Å². The third-order valence-corrected chi connectivity index (χ3v) is 4.43. The zero-order chi connectivity index (χ0) is 18.8. The van der Waals surface area contributed by atoms with Crippen molar-refractivity contribution in [2.24, 2.45) is 0 Å². The normalized spacial score (nSPS) is 13.3. The molecule has 5 nitrogen and oxygen atoms in total. The molecule has 0 bridgehead atoms. The van der Waals surface area contributed by atoms with E-state index >= 15 is 0 Å². The summed E-state index contributed by atoms with van der Waals surface area (Å²) in [6.07, 6.45) is 0. The average molecular weight is 369 g/mol. The largest absolute Gasteiger partial charge is 0.487 e. The fourth-order valence-electron chi connectivity index (χ4n) is 3.08. The molecule has 0 unspecified atom stereocenters. The van der Waals surface area contributed by atoms with Crippen molar-refractivity contribution < 1.29 is 18.3 Å². The molecule has 1 aromatic heterocycles. The zero-order valence-electron chi connectivity index (χ0n) is 14.4. The molecular formula is C20H17F2N3O2. The van der Waals surface area contributed by atoms with Gasteiger partial charge in [0.1, 0.15) is 29.7 Å². The Morgan fingerprint density at radius 2 is 1.89 bits per heavy atom. The number of benzene rings is 2. The number of amides is 1. The van der Waals surface area contributed by atoms with Gasteiger partial charge in [-0.2, -0.15) is 5.10 Å². The van der Waals surface area contributed by atoms with Crippen LogP contribution in [0.4, 0.5) is 8.78 Å². The van der Waals surface area contributed by atoms with Crippen LogP contribution >= 0.6 is 0 Å². The molecule has 1 aliphatic rings. The van der Waals surface area contributed by atoms with E-state index in [1.807, 2.05) is 41.1 Å². The van der Waals surface area contributed by atoms with Crippen molar-refractivity contribution in [1.82, 2.24) is 14.7 Å². The van der Waals surface area contributed by atoms with Gasteiger partial charge in [-0.15, -0.1) is 0 Å². The summed E-state index contributed by atoms with van der Waals surface area (Å²) in [4.78, 5) is 14.1. The molecule has 138 valence electrons. The molecule has 3 aromatic rings. The average Bonchev–Trinajstić information content (AvgIpc) is 3.09. The highest BCUT2D eigenvalue weighted by atomic mass is 19.1. The second kappa shape index (κ2) is 7.19. The first-order valence-corrected chi connectivity index (χ1v) is 8.58.